The van der Waals surface area contributed by atoms with Crippen molar-refractivity contribution in [2.24, 2.45) is 0 Å². The summed E-state index contributed by atoms with van der Waals surface area (Å²) in [5.41, 5.74) is 9.79. The standard InChI is InChI=1S/C29H31IN4O/c1-3-23(14-12-20-8-5-4-6-9-20)31-28-25-10-7-11-26(25)32-29-27(19(2)33-34(28)29)24-15-13-21(18-35)16-22(24)17-30/h4-6,8-9,13,15-16,18,23,31H,3,7,10-12,14,17H2,1-2H3. The maximum atomic E-state index is 11.4. The van der Waals surface area contributed by atoms with Crippen LogP contribution in [-0.2, 0) is 23.7 Å². The zero-order chi connectivity index (χ0) is 24.4. The van der Waals surface area contributed by atoms with Crippen LogP contribution in [0.5, 0.6) is 0 Å². The zero-order valence-corrected chi connectivity index (χ0v) is 22.5. The third-order valence-corrected chi connectivity index (χ3v) is 7.92. The Morgan fingerprint density at radius 3 is 2.74 bits per heavy atom. The third kappa shape index (κ3) is 4.73. The van der Waals surface area contributed by atoms with Crippen molar-refractivity contribution in [3.05, 3.63) is 82.2 Å². The van der Waals surface area contributed by atoms with Crippen LogP contribution in [0.15, 0.2) is 48.5 Å². The third-order valence-electron chi connectivity index (χ3n) is 7.10. The topological polar surface area (TPSA) is 59.3 Å². The summed E-state index contributed by atoms with van der Waals surface area (Å²) in [6, 6.07) is 17.0. The molecule has 6 heteroatoms. The van der Waals surface area contributed by atoms with E-state index in [0.717, 1.165) is 83.1 Å². The monoisotopic (exact) mass is 578 g/mol. The van der Waals surface area contributed by atoms with E-state index in [9.17, 15) is 4.79 Å². The van der Waals surface area contributed by atoms with Crippen molar-refractivity contribution in [3.8, 4) is 11.1 Å². The van der Waals surface area contributed by atoms with Crippen LogP contribution >= 0.6 is 22.6 Å². The predicted octanol–water partition coefficient (Wildman–Crippen LogP) is 6.76. The Hall–Kier alpha value is -2.74. The van der Waals surface area contributed by atoms with Gasteiger partial charge in [-0.3, -0.25) is 4.79 Å². The molecule has 2 heterocycles. The van der Waals surface area contributed by atoms with Crippen molar-refractivity contribution >= 4 is 40.3 Å². The fourth-order valence-electron chi connectivity index (χ4n) is 5.20. The molecule has 2 aromatic carbocycles. The Balaban J connectivity index is 1.57. The fourth-order valence-corrected chi connectivity index (χ4v) is 5.83. The Bertz CT molecular complexity index is 1360. The number of aldehydes is 1. The first-order chi connectivity index (χ1) is 17.1. The van der Waals surface area contributed by atoms with Gasteiger partial charge in [0.1, 0.15) is 12.1 Å². The van der Waals surface area contributed by atoms with Gasteiger partial charge >= 0.3 is 0 Å². The molecular formula is C29H31IN4O. The Morgan fingerprint density at radius 1 is 1.17 bits per heavy atom. The summed E-state index contributed by atoms with van der Waals surface area (Å²) in [5.74, 6) is 1.11. The van der Waals surface area contributed by atoms with Gasteiger partial charge in [0.2, 0.25) is 0 Å². The maximum absolute atomic E-state index is 11.4. The molecule has 1 N–H and O–H groups in total. The molecule has 0 saturated heterocycles. The first kappa shape index (κ1) is 24.0. The lowest BCUT2D eigenvalue weighted by atomic mass is 9.98. The maximum Gasteiger partial charge on any atom is 0.165 e. The van der Waals surface area contributed by atoms with Gasteiger partial charge in [-0.05, 0) is 68.2 Å². The molecule has 5 nitrogen and oxygen atoms in total. The summed E-state index contributed by atoms with van der Waals surface area (Å²) in [4.78, 5) is 16.5. The van der Waals surface area contributed by atoms with Crippen molar-refractivity contribution in [2.45, 2.75) is 62.8 Å². The molecule has 0 fully saturated rings. The van der Waals surface area contributed by atoms with Crippen molar-refractivity contribution < 1.29 is 4.79 Å². The molecule has 180 valence electrons. The number of rotatable bonds is 9. The number of aromatic nitrogens is 3. The summed E-state index contributed by atoms with van der Waals surface area (Å²) in [6.45, 7) is 4.32. The van der Waals surface area contributed by atoms with Gasteiger partial charge in [0, 0.05) is 32.9 Å². The molecule has 1 aliphatic rings. The highest BCUT2D eigenvalue weighted by Crippen LogP contribution is 2.37. The van der Waals surface area contributed by atoms with Gasteiger partial charge in [0.05, 0.1) is 5.69 Å². The van der Waals surface area contributed by atoms with Gasteiger partial charge in [0.25, 0.3) is 0 Å². The van der Waals surface area contributed by atoms with Gasteiger partial charge in [0.15, 0.2) is 5.65 Å². The van der Waals surface area contributed by atoms with Crippen LogP contribution in [0, 0.1) is 6.92 Å². The largest absolute Gasteiger partial charge is 0.367 e. The van der Waals surface area contributed by atoms with E-state index in [1.165, 1.54) is 16.8 Å². The minimum Gasteiger partial charge on any atom is -0.367 e. The fraction of sp³-hybridized carbons (Fsp3) is 0.345. The second-order valence-corrected chi connectivity index (χ2v) is 10.1. The number of aryl methyl sites for hydroxylation is 3. The number of carbonyl (C=O) groups excluding carboxylic acids is 1. The summed E-state index contributed by atoms with van der Waals surface area (Å²) >= 11 is 2.37. The van der Waals surface area contributed by atoms with E-state index in [4.69, 9.17) is 10.1 Å². The van der Waals surface area contributed by atoms with Crippen LogP contribution in [0.4, 0.5) is 5.82 Å². The smallest absolute Gasteiger partial charge is 0.165 e. The predicted molar refractivity (Wildman–Crippen MR) is 151 cm³/mol. The van der Waals surface area contributed by atoms with E-state index in [1.54, 1.807) is 0 Å². The first-order valence-electron chi connectivity index (χ1n) is 12.5. The summed E-state index contributed by atoms with van der Waals surface area (Å²) in [6.07, 6.45) is 7.25. The molecule has 0 saturated carbocycles. The highest BCUT2D eigenvalue weighted by molar-refractivity contribution is 14.1. The Labute approximate surface area is 220 Å². The number of benzene rings is 2. The molecule has 4 aromatic rings. The van der Waals surface area contributed by atoms with Crippen LogP contribution in [-0.4, -0.2) is 26.9 Å². The van der Waals surface area contributed by atoms with E-state index in [0.29, 0.717) is 11.6 Å². The van der Waals surface area contributed by atoms with E-state index < -0.39 is 0 Å². The summed E-state index contributed by atoms with van der Waals surface area (Å²) in [7, 11) is 0. The molecule has 1 atom stereocenters. The van der Waals surface area contributed by atoms with Gasteiger partial charge < -0.3 is 5.32 Å². The molecule has 1 aliphatic carbocycles. The van der Waals surface area contributed by atoms with Gasteiger partial charge in [-0.2, -0.15) is 9.61 Å². The van der Waals surface area contributed by atoms with Gasteiger partial charge in [-0.15, -0.1) is 0 Å². The average molecular weight is 578 g/mol. The molecule has 0 spiro atoms. The number of nitrogens with zero attached hydrogens (tertiary/aromatic N) is 3. The Kier molecular flexibility index (Phi) is 7.18. The molecule has 5 rings (SSSR count). The number of nitrogens with one attached hydrogen (secondary N) is 1. The number of hydrogen-bond acceptors (Lipinski definition) is 4. The molecule has 35 heavy (non-hydrogen) atoms. The van der Waals surface area contributed by atoms with E-state index in [-0.39, 0.29) is 0 Å². The van der Waals surface area contributed by atoms with E-state index in [2.05, 4.69) is 78.2 Å². The van der Waals surface area contributed by atoms with Gasteiger partial charge in [-0.25, -0.2) is 4.98 Å². The minimum absolute atomic E-state index is 0.357. The molecule has 0 aliphatic heterocycles. The number of hydrogen-bond donors (Lipinski definition) is 1. The van der Waals surface area contributed by atoms with Crippen molar-refractivity contribution in [2.75, 3.05) is 5.32 Å². The Morgan fingerprint density at radius 2 is 2.00 bits per heavy atom. The number of anilines is 1. The SMILES string of the molecule is CCC(CCc1ccccc1)Nc1c2c(nc3c(-c4ccc(C=O)cc4CI)c(C)nn13)CCC2. The molecule has 0 amide bonds. The quantitative estimate of drug-likeness (QED) is 0.135. The van der Waals surface area contributed by atoms with Crippen LogP contribution in [0.25, 0.3) is 16.8 Å². The molecular weight excluding hydrogens is 547 g/mol. The van der Waals surface area contributed by atoms with Crippen LogP contribution < -0.4 is 5.32 Å². The van der Waals surface area contributed by atoms with Crippen molar-refractivity contribution in [1.29, 1.82) is 0 Å². The molecule has 2 aromatic heterocycles. The van der Waals surface area contributed by atoms with Crippen molar-refractivity contribution in [3.63, 3.8) is 0 Å². The van der Waals surface area contributed by atoms with Crippen LogP contribution in [0.3, 0.4) is 0 Å². The second kappa shape index (κ2) is 10.5. The van der Waals surface area contributed by atoms with Crippen LogP contribution in [0.1, 0.15) is 64.6 Å². The molecule has 0 bridgehead atoms. The normalized spacial score (nSPS) is 13.7. The number of carbonyl (C=O) groups is 1. The highest BCUT2D eigenvalue weighted by atomic mass is 127. The second-order valence-electron chi connectivity index (χ2n) is 9.38. The number of fused-ring (bicyclic) bond motifs is 2. The number of halogens is 1. The summed E-state index contributed by atoms with van der Waals surface area (Å²) < 4.78 is 2.86. The lowest BCUT2D eigenvalue weighted by molar-refractivity contribution is 0.112. The van der Waals surface area contributed by atoms with E-state index >= 15 is 0 Å². The summed E-state index contributed by atoms with van der Waals surface area (Å²) in [5, 5.41) is 8.90. The lowest BCUT2D eigenvalue weighted by Crippen LogP contribution is -2.23. The first-order valence-corrected chi connectivity index (χ1v) is 14.0. The zero-order valence-electron chi connectivity index (χ0n) is 20.4. The minimum atomic E-state index is 0.357. The highest BCUT2D eigenvalue weighted by Gasteiger charge is 2.26. The van der Waals surface area contributed by atoms with Crippen molar-refractivity contribution in [1.82, 2.24) is 14.6 Å². The van der Waals surface area contributed by atoms with E-state index in [1.807, 2.05) is 16.6 Å². The van der Waals surface area contributed by atoms with Crippen LogP contribution in [0.2, 0.25) is 0 Å². The van der Waals surface area contributed by atoms with Gasteiger partial charge in [-0.1, -0.05) is 72.0 Å². The average Bonchev–Trinajstić information content (AvgIpc) is 3.49. The lowest BCUT2D eigenvalue weighted by Gasteiger charge is -2.21. The number of alkyl halides is 1. The molecule has 1 unspecified atom stereocenters. The molecule has 0 radical (unpaired) electrons.